The predicted molar refractivity (Wildman–Crippen MR) is 79.0 cm³/mol. The maximum Gasteiger partial charge on any atom is 0.251 e. The van der Waals surface area contributed by atoms with Gasteiger partial charge in [0, 0.05) is 20.3 Å². The predicted octanol–water partition coefficient (Wildman–Crippen LogP) is 3.91. The van der Waals surface area contributed by atoms with Crippen molar-refractivity contribution in [2.24, 2.45) is 0 Å². The minimum Gasteiger partial charge on any atom is -0.507 e. The molecule has 3 nitrogen and oxygen atoms in total. The molecule has 0 aliphatic rings. The topological polar surface area (TPSA) is 49.3 Å². The molecule has 0 saturated carbocycles. The van der Waals surface area contributed by atoms with Crippen LogP contribution in [0.15, 0.2) is 38.6 Å². The zero-order valence-electron chi connectivity index (χ0n) is 9.11. The molecular formula is C12H9Br2NO2S. The van der Waals surface area contributed by atoms with E-state index in [-0.39, 0.29) is 11.7 Å². The van der Waals surface area contributed by atoms with Gasteiger partial charge in [-0.3, -0.25) is 4.79 Å². The second-order valence-electron chi connectivity index (χ2n) is 3.58. The third-order valence-electron chi connectivity index (χ3n) is 2.25. The number of aromatic hydroxyl groups is 1. The van der Waals surface area contributed by atoms with Crippen LogP contribution in [0.1, 0.15) is 15.2 Å². The highest BCUT2D eigenvalue weighted by Gasteiger charge is 2.08. The number of phenols is 1. The van der Waals surface area contributed by atoms with Gasteiger partial charge >= 0.3 is 0 Å². The van der Waals surface area contributed by atoms with Crippen LogP contribution < -0.4 is 5.32 Å². The molecule has 0 bridgehead atoms. The van der Waals surface area contributed by atoms with Crippen LogP contribution in [0.2, 0.25) is 0 Å². The number of amides is 1. The number of hydrogen-bond acceptors (Lipinski definition) is 3. The minimum absolute atomic E-state index is 0.0570. The average molecular weight is 391 g/mol. The summed E-state index contributed by atoms with van der Waals surface area (Å²) in [7, 11) is 0. The fourth-order valence-electron chi connectivity index (χ4n) is 1.37. The molecule has 0 saturated heterocycles. The molecule has 0 aliphatic heterocycles. The van der Waals surface area contributed by atoms with Crippen molar-refractivity contribution in [1.29, 1.82) is 0 Å². The average Bonchev–Trinajstić information content (AvgIpc) is 2.75. The molecular weight excluding hydrogens is 382 g/mol. The minimum atomic E-state index is -0.206. The number of phenolic OH excluding ortho intramolecular Hbond substituents is 1. The van der Waals surface area contributed by atoms with Crippen molar-refractivity contribution in [2.45, 2.75) is 6.54 Å². The summed E-state index contributed by atoms with van der Waals surface area (Å²) in [6.45, 7) is 0.478. The van der Waals surface area contributed by atoms with Crippen LogP contribution in [0, 0.1) is 0 Å². The summed E-state index contributed by atoms with van der Waals surface area (Å²) < 4.78 is 1.58. The molecule has 1 amide bonds. The van der Waals surface area contributed by atoms with Gasteiger partial charge in [-0.25, -0.2) is 0 Å². The first-order chi connectivity index (χ1) is 8.56. The van der Waals surface area contributed by atoms with Gasteiger partial charge in [-0.05, 0) is 56.1 Å². The van der Waals surface area contributed by atoms with Gasteiger partial charge in [-0.15, -0.1) is 11.3 Å². The fraction of sp³-hybridized carbons (Fsp3) is 0.0833. The van der Waals surface area contributed by atoms with Crippen LogP contribution in [0.4, 0.5) is 0 Å². The van der Waals surface area contributed by atoms with Gasteiger partial charge in [0.15, 0.2) is 0 Å². The Kier molecular flexibility index (Phi) is 4.42. The molecule has 1 heterocycles. The maximum atomic E-state index is 11.8. The molecule has 0 spiro atoms. The van der Waals surface area contributed by atoms with Crippen molar-refractivity contribution >= 4 is 49.1 Å². The van der Waals surface area contributed by atoms with E-state index >= 15 is 0 Å². The van der Waals surface area contributed by atoms with Crippen LogP contribution in [0.3, 0.4) is 0 Å². The highest BCUT2D eigenvalue weighted by Crippen LogP contribution is 2.24. The molecule has 1 aromatic heterocycles. The van der Waals surface area contributed by atoms with Gasteiger partial charge < -0.3 is 10.4 Å². The Labute approximate surface area is 125 Å². The van der Waals surface area contributed by atoms with Crippen molar-refractivity contribution in [3.8, 4) is 5.75 Å². The summed E-state index contributed by atoms with van der Waals surface area (Å²) in [5, 5.41) is 14.3. The van der Waals surface area contributed by atoms with E-state index in [0.29, 0.717) is 16.6 Å². The molecule has 18 heavy (non-hydrogen) atoms. The summed E-state index contributed by atoms with van der Waals surface area (Å²) >= 11 is 8.11. The third kappa shape index (κ3) is 3.34. The summed E-state index contributed by atoms with van der Waals surface area (Å²) in [6, 6.07) is 6.70. The van der Waals surface area contributed by atoms with Crippen molar-refractivity contribution in [2.75, 3.05) is 0 Å². The van der Waals surface area contributed by atoms with E-state index < -0.39 is 0 Å². The Bertz CT molecular complexity index is 583. The molecule has 0 unspecified atom stereocenters. The molecule has 0 fully saturated rings. The monoisotopic (exact) mass is 389 g/mol. The highest BCUT2D eigenvalue weighted by atomic mass is 79.9. The number of thiophene rings is 1. The van der Waals surface area contributed by atoms with Gasteiger partial charge in [0.1, 0.15) is 5.75 Å². The first-order valence-electron chi connectivity index (χ1n) is 5.06. The Morgan fingerprint density at radius 3 is 2.72 bits per heavy atom. The lowest BCUT2D eigenvalue weighted by molar-refractivity contribution is 0.0951. The zero-order chi connectivity index (χ0) is 13.1. The maximum absolute atomic E-state index is 11.8. The number of halogens is 2. The van der Waals surface area contributed by atoms with Crippen molar-refractivity contribution < 1.29 is 9.90 Å². The van der Waals surface area contributed by atoms with Crippen molar-refractivity contribution in [3.63, 3.8) is 0 Å². The summed E-state index contributed by atoms with van der Waals surface area (Å²) in [5.41, 5.74) is 0.436. The first-order valence-corrected chi connectivity index (χ1v) is 7.52. The standard InChI is InChI=1S/C12H9Br2NO2S/c13-8-4-9(18-6-8)5-15-12(17)7-1-2-10(14)11(16)3-7/h1-4,6,16H,5H2,(H,15,17). The molecule has 2 aromatic rings. The van der Waals surface area contributed by atoms with Crippen LogP contribution in [-0.2, 0) is 6.54 Å². The lowest BCUT2D eigenvalue weighted by Gasteiger charge is -2.05. The molecule has 6 heteroatoms. The van der Waals surface area contributed by atoms with E-state index in [2.05, 4.69) is 37.2 Å². The van der Waals surface area contributed by atoms with Gasteiger partial charge in [0.25, 0.3) is 5.91 Å². The SMILES string of the molecule is O=C(NCc1cc(Br)cs1)c1ccc(Br)c(O)c1. The lowest BCUT2D eigenvalue weighted by atomic mass is 10.2. The highest BCUT2D eigenvalue weighted by molar-refractivity contribution is 9.10. The van der Waals surface area contributed by atoms with Gasteiger partial charge in [-0.1, -0.05) is 0 Å². The van der Waals surface area contributed by atoms with E-state index in [1.54, 1.807) is 23.5 Å². The van der Waals surface area contributed by atoms with E-state index in [9.17, 15) is 9.90 Å². The quantitative estimate of drug-likeness (QED) is 0.834. The van der Waals surface area contributed by atoms with Gasteiger partial charge in [0.05, 0.1) is 11.0 Å². The van der Waals surface area contributed by atoms with Crippen molar-refractivity contribution in [1.82, 2.24) is 5.32 Å². The number of hydrogen-bond donors (Lipinski definition) is 2. The summed E-state index contributed by atoms with van der Waals surface area (Å²) in [5.74, 6) is -0.149. The number of rotatable bonds is 3. The van der Waals surface area contributed by atoms with Crippen LogP contribution >= 0.6 is 43.2 Å². The molecule has 2 rings (SSSR count). The molecule has 1 aromatic carbocycles. The summed E-state index contributed by atoms with van der Waals surface area (Å²) in [4.78, 5) is 12.9. The lowest BCUT2D eigenvalue weighted by Crippen LogP contribution is -2.22. The smallest absolute Gasteiger partial charge is 0.251 e. The second kappa shape index (κ2) is 5.86. The number of benzene rings is 1. The van der Waals surface area contributed by atoms with E-state index in [1.165, 1.54) is 6.07 Å². The molecule has 94 valence electrons. The van der Waals surface area contributed by atoms with Gasteiger partial charge in [-0.2, -0.15) is 0 Å². The van der Waals surface area contributed by atoms with Crippen molar-refractivity contribution in [3.05, 3.63) is 49.0 Å². The first kappa shape index (κ1) is 13.6. The summed E-state index contributed by atoms with van der Waals surface area (Å²) in [6.07, 6.45) is 0. The molecule has 0 radical (unpaired) electrons. The molecule has 0 aliphatic carbocycles. The molecule has 0 atom stereocenters. The fourth-order valence-corrected chi connectivity index (χ4v) is 3.01. The van der Waals surface area contributed by atoms with Gasteiger partial charge in [0.2, 0.25) is 0 Å². The third-order valence-corrected chi connectivity index (χ3v) is 4.62. The van der Waals surface area contributed by atoms with E-state index in [1.807, 2.05) is 11.4 Å². The number of carbonyl (C=O) groups is 1. The van der Waals surface area contributed by atoms with Crippen LogP contribution in [0.25, 0.3) is 0 Å². The number of nitrogens with one attached hydrogen (secondary N) is 1. The molecule has 2 N–H and O–H groups in total. The van der Waals surface area contributed by atoms with Crippen LogP contribution in [-0.4, -0.2) is 11.0 Å². The van der Waals surface area contributed by atoms with Crippen LogP contribution in [0.5, 0.6) is 5.75 Å². The largest absolute Gasteiger partial charge is 0.507 e. The van der Waals surface area contributed by atoms with E-state index in [0.717, 1.165) is 9.35 Å². The van der Waals surface area contributed by atoms with E-state index in [4.69, 9.17) is 0 Å². The zero-order valence-corrected chi connectivity index (χ0v) is 13.1. The number of carbonyl (C=O) groups excluding carboxylic acids is 1. The Morgan fingerprint density at radius 2 is 2.11 bits per heavy atom. The second-order valence-corrected chi connectivity index (χ2v) is 6.35. The Balaban J connectivity index is 2.01. The Hall–Kier alpha value is -0.850. The Morgan fingerprint density at radius 1 is 1.33 bits per heavy atom. The normalized spacial score (nSPS) is 10.3.